The Bertz CT molecular complexity index is 447. The largest absolute Gasteiger partial charge is 0.447 e. The van der Waals surface area contributed by atoms with Crippen LogP contribution in [0.25, 0.3) is 11.0 Å². The fourth-order valence-corrected chi connectivity index (χ4v) is 2.31. The topological polar surface area (TPSA) is 13.1 Å². The Kier molecular flexibility index (Phi) is 2.35. The van der Waals surface area contributed by atoms with Crippen molar-refractivity contribution < 1.29 is 4.42 Å². The highest BCUT2D eigenvalue weighted by atomic mass is 79.9. The second-order valence-corrected chi connectivity index (χ2v) is 3.95. The molecule has 0 aliphatic rings. The third kappa shape index (κ3) is 1.38. The summed E-state index contributed by atoms with van der Waals surface area (Å²) in [6.45, 7) is 2.09. The van der Waals surface area contributed by atoms with Crippen LogP contribution in [0.2, 0.25) is 5.02 Å². The molecule has 0 fully saturated rings. The fraction of sp³-hybridized carbons (Fsp3) is 0.200. The van der Waals surface area contributed by atoms with Crippen molar-refractivity contribution in [2.75, 3.05) is 0 Å². The maximum atomic E-state index is 5.98. The van der Waals surface area contributed by atoms with Crippen LogP contribution in [0, 0.1) is 0 Å². The van der Waals surface area contributed by atoms with Gasteiger partial charge in [-0.05, 0) is 28.4 Å². The van der Waals surface area contributed by atoms with Gasteiger partial charge in [0.05, 0.1) is 5.02 Å². The lowest BCUT2D eigenvalue weighted by molar-refractivity contribution is 0.582. The van der Waals surface area contributed by atoms with E-state index in [4.69, 9.17) is 16.0 Å². The third-order valence-corrected chi connectivity index (χ3v) is 3.01. The molecule has 3 heteroatoms. The van der Waals surface area contributed by atoms with Gasteiger partial charge >= 0.3 is 0 Å². The monoisotopic (exact) mass is 258 g/mol. The number of rotatable bonds is 1. The van der Waals surface area contributed by atoms with E-state index in [1.165, 1.54) is 5.56 Å². The van der Waals surface area contributed by atoms with Crippen LogP contribution in [0.3, 0.4) is 0 Å². The van der Waals surface area contributed by atoms with Crippen LogP contribution in [-0.2, 0) is 6.42 Å². The van der Waals surface area contributed by atoms with Crippen LogP contribution >= 0.6 is 27.5 Å². The number of aryl methyl sites for hydroxylation is 1. The molecule has 0 aliphatic heterocycles. The molecule has 2 aromatic rings. The highest BCUT2D eigenvalue weighted by Crippen LogP contribution is 2.34. The van der Waals surface area contributed by atoms with E-state index in [0.717, 1.165) is 22.1 Å². The number of furan rings is 1. The van der Waals surface area contributed by atoms with Gasteiger partial charge in [0, 0.05) is 10.9 Å². The first-order valence-electron chi connectivity index (χ1n) is 4.09. The number of para-hydroxylation sites is 1. The first kappa shape index (κ1) is 9.10. The molecule has 1 heterocycles. The summed E-state index contributed by atoms with van der Waals surface area (Å²) in [5, 5.41) is 1.76. The van der Waals surface area contributed by atoms with Gasteiger partial charge in [0.2, 0.25) is 0 Å². The molecule has 1 aromatic carbocycles. The van der Waals surface area contributed by atoms with E-state index in [1.807, 2.05) is 18.2 Å². The molecule has 68 valence electrons. The lowest BCUT2D eigenvalue weighted by atomic mass is 10.1. The molecular formula is C10H8BrClO. The average molecular weight is 260 g/mol. The highest BCUT2D eigenvalue weighted by molar-refractivity contribution is 9.10. The minimum Gasteiger partial charge on any atom is -0.447 e. The lowest BCUT2D eigenvalue weighted by Gasteiger charge is -1.92. The summed E-state index contributed by atoms with van der Waals surface area (Å²) in [5.41, 5.74) is 1.95. The molecule has 13 heavy (non-hydrogen) atoms. The summed E-state index contributed by atoms with van der Waals surface area (Å²) in [7, 11) is 0. The van der Waals surface area contributed by atoms with Gasteiger partial charge in [-0.2, -0.15) is 0 Å². The Morgan fingerprint density at radius 3 is 2.92 bits per heavy atom. The van der Waals surface area contributed by atoms with Crippen molar-refractivity contribution in [3.63, 3.8) is 0 Å². The minimum atomic E-state index is 0.665. The molecule has 0 bridgehead atoms. The molecule has 0 radical (unpaired) electrons. The summed E-state index contributed by atoms with van der Waals surface area (Å²) in [6.07, 6.45) is 0.938. The maximum Gasteiger partial charge on any atom is 0.173 e. The average Bonchev–Trinajstić information content (AvgIpc) is 2.43. The summed E-state index contributed by atoms with van der Waals surface area (Å²) in [5.74, 6) is 0. The fourth-order valence-electron chi connectivity index (χ4n) is 1.44. The molecular weight excluding hydrogens is 251 g/mol. The second kappa shape index (κ2) is 3.35. The van der Waals surface area contributed by atoms with Crippen molar-refractivity contribution >= 4 is 38.5 Å². The minimum absolute atomic E-state index is 0.665. The highest BCUT2D eigenvalue weighted by Gasteiger charge is 2.11. The van der Waals surface area contributed by atoms with Crippen LogP contribution in [0.1, 0.15) is 12.5 Å². The maximum absolute atomic E-state index is 5.98. The predicted molar refractivity (Wildman–Crippen MR) is 58.3 cm³/mol. The van der Waals surface area contributed by atoms with E-state index in [9.17, 15) is 0 Å². The smallest absolute Gasteiger partial charge is 0.173 e. The molecule has 1 aromatic heterocycles. The van der Waals surface area contributed by atoms with Crippen molar-refractivity contribution in [1.82, 2.24) is 0 Å². The number of benzene rings is 1. The molecule has 0 unspecified atom stereocenters. The predicted octanol–water partition coefficient (Wildman–Crippen LogP) is 4.41. The normalized spacial score (nSPS) is 11.0. The molecule has 0 atom stereocenters. The van der Waals surface area contributed by atoms with E-state index in [1.54, 1.807) is 0 Å². The zero-order valence-corrected chi connectivity index (χ0v) is 9.45. The summed E-state index contributed by atoms with van der Waals surface area (Å²) in [6, 6.07) is 5.79. The number of fused-ring (bicyclic) bond motifs is 1. The van der Waals surface area contributed by atoms with Crippen LogP contribution in [-0.4, -0.2) is 0 Å². The molecule has 0 saturated heterocycles. The van der Waals surface area contributed by atoms with Crippen molar-refractivity contribution in [3.8, 4) is 0 Å². The van der Waals surface area contributed by atoms with Gasteiger partial charge in [0.15, 0.2) is 10.3 Å². The van der Waals surface area contributed by atoms with E-state index in [-0.39, 0.29) is 0 Å². The standard InChI is InChI=1S/C10H8BrClO/c1-2-6-7-4-3-5-8(12)9(7)13-10(6)11/h3-5H,2H2,1H3. The molecule has 0 amide bonds. The van der Waals surface area contributed by atoms with Crippen LogP contribution in [0.4, 0.5) is 0 Å². The van der Waals surface area contributed by atoms with Crippen LogP contribution < -0.4 is 0 Å². The van der Waals surface area contributed by atoms with Gasteiger partial charge in [0.25, 0.3) is 0 Å². The van der Waals surface area contributed by atoms with E-state index in [0.29, 0.717) is 5.02 Å². The van der Waals surface area contributed by atoms with Gasteiger partial charge in [0.1, 0.15) is 0 Å². The summed E-state index contributed by atoms with van der Waals surface area (Å²) < 4.78 is 6.30. The molecule has 0 saturated carbocycles. The molecule has 0 N–H and O–H groups in total. The Morgan fingerprint density at radius 2 is 2.23 bits per heavy atom. The van der Waals surface area contributed by atoms with Crippen LogP contribution in [0.5, 0.6) is 0 Å². The van der Waals surface area contributed by atoms with Crippen LogP contribution in [0.15, 0.2) is 27.3 Å². The lowest BCUT2D eigenvalue weighted by Crippen LogP contribution is -1.76. The van der Waals surface area contributed by atoms with Gasteiger partial charge in [-0.3, -0.25) is 0 Å². The van der Waals surface area contributed by atoms with E-state index >= 15 is 0 Å². The van der Waals surface area contributed by atoms with Gasteiger partial charge < -0.3 is 4.42 Å². The van der Waals surface area contributed by atoms with Gasteiger partial charge in [-0.25, -0.2) is 0 Å². The number of hydrogen-bond donors (Lipinski definition) is 0. The van der Waals surface area contributed by atoms with Crippen molar-refractivity contribution in [2.24, 2.45) is 0 Å². The first-order chi connectivity index (χ1) is 6.24. The zero-order valence-electron chi connectivity index (χ0n) is 7.10. The molecule has 0 aliphatic carbocycles. The SMILES string of the molecule is CCc1c(Br)oc2c(Cl)cccc12. The van der Waals surface area contributed by atoms with Gasteiger partial charge in [-0.1, -0.05) is 30.7 Å². The second-order valence-electron chi connectivity index (χ2n) is 2.82. The van der Waals surface area contributed by atoms with Crippen molar-refractivity contribution in [2.45, 2.75) is 13.3 Å². The van der Waals surface area contributed by atoms with E-state index in [2.05, 4.69) is 22.9 Å². The quantitative estimate of drug-likeness (QED) is 0.739. The number of halogens is 2. The summed E-state index contributed by atoms with van der Waals surface area (Å²) in [4.78, 5) is 0. The summed E-state index contributed by atoms with van der Waals surface area (Å²) >= 11 is 9.36. The molecule has 1 nitrogen and oxygen atoms in total. The van der Waals surface area contributed by atoms with E-state index < -0.39 is 0 Å². The third-order valence-electron chi connectivity index (χ3n) is 2.07. The Balaban J connectivity index is 2.86. The van der Waals surface area contributed by atoms with Gasteiger partial charge in [-0.15, -0.1) is 0 Å². The Morgan fingerprint density at radius 1 is 1.46 bits per heavy atom. The molecule has 2 rings (SSSR count). The first-order valence-corrected chi connectivity index (χ1v) is 5.26. The van der Waals surface area contributed by atoms with Crippen molar-refractivity contribution in [1.29, 1.82) is 0 Å². The van der Waals surface area contributed by atoms with Crippen molar-refractivity contribution in [3.05, 3.63) is 33.5 Å². The number of hydrogen-bond acceptors (Lipinski definition) is 1. The Labute approximate surface area is 89.8 Å². The molecule has 0 spiro atoms. The Hall–Kier alpha value is -0.470. The zero-order chi connectivity index (χ0) is 9.42.